The Bertz CT molecular complexity index is 680. The lowest BCUT2D eigenvalue weighted by Crippen LogP contribution is -2.38. The number of hydrogen-bond acceptors (Lipinski definition) is 2. The Morgan fingerprint density at radius 2 is 2.12 bits per heavy atom. The first-order chi connectivity index (χ1) is 12.1. The first-order valence-corrected chi connectivity index (χ1v) is 9.68. The highest BCUT2D eigenvalue weighted by molar-refractivity contribution is 9.10. The molecule has 6 heteroatoms. The van der Waals surface area contributed by atoms with Gasteiger partial charge >= 0.3 is 0 Å². The van der Waals surface area contributed by atoms with Crippen LogP contribution in [0.1, 0.15) is 44.1 Å². The smallest absolute Gasteiger partial charge is 0.191 e. The van der Waals surface area contributed by atoms with Crippen molar-refractivity contribution in [2.75, 3.05) is 13.1 Å². The average Bonchev–Trinajstić information content (AvgIpc) is 3.00. The fourth-order valence-corrected chi connectivity index (χ4v) is 3.28. The molecule has 1 unspecified atom stereocenters. The normalized spacial score (nSPS) is 12.9. The number of benzene rings is 1. The molecule has 1 heterocycles. The molecule has 1 atom stereocenters. The molecular formula is C19H28BrN5. The number of aromatic nitrogens is 2. The van der Waals surface area contributed by atoms with Crippen molar-refractivity contribution >= 4 is 21.9 Å². The standard InChI is InChI=1S/C19H28BrN5/c1-4-21-19(24-15(2)17-9-5-6-10-18(17)20)23-11-7-8-13-25-14-12-22-16(25)3/h5-6,9-10,12,14-15H,4,7-8,11,13H2,1-3H3,(H2,21,23,24). The molecule has 5 nitrogen and oxygen atoms in total. The summed E-state index contributed by atoms with van der Waals surface area (Å²) in [6.45, 7) is 8.93. The number of unbranched alkanes of at least 4 members (excludes halogenated alkanes) is 1. The van der Waals surface area contributed by atoms with Crippen molar-refractivity contribution < 1.29 is 0 Å². The Kier molecular flexibility index (Phi) is 7.98. The summed E-state index contributed by atoms with van der Waals surface area (Å²) < 4.78 is 3.30. The fraction of sp³-hybridized carbons (Fsp3) is 0.474. The van der Waals surface area contributed by atoms with Crippen LogP contribution in [0.25, 0.3) is 0 Å². The van der Waals surface area contributed by atoms with Crippen LogP contribution in [0.15, 0.2) is 46.1 Å². The number of imidazole rings is 1. The second-order valence-electron chi connectivity index (χ2n) is 6.02. The molecule has 0 saturated carbocycles. The molecule has 2 rings (SSSR count). The van der Waals surface area contributed by atoms with Crippen LogP contribution in [0, 0.1) is 6.92 Å². The summed E-state index contributed by atoms with van der Waals surface area (Å²) >= 11 is 3.62. The monoisotopic (exact) mass is 405 g/mol. The van der Waals surface area contributed by atoms with E-state index in [0.29, 0.717) is 0 Å². The maximum Gasteiger partial charge on any atom is 0.191 e. The average molecular weight is 406 g/mol. The highest BCUT2D eigenvalue weighted by atomic mass is 79.9. The molecule has 136 valence electrons. The van der Waals surface area contributed by atoms with Crippen molar-refractivity contribution in [3.63, 3.8) is 0 Å². The van der Waals surface area contributed by atoms with Gasteiger partial charge in [0.15, 0.2) is 5.96 Å². The van der Waals surface area contributed by atoms with Crippen molar-refractivity contribution in [3.05, 3.63) is 52.5 Å². The maximum absolute atomic E-state index is 4.70. The third kappa shape index (κ3) is 6.20. The lowest BCUT2D eigenvalue weighted by Gasteiger charge is -2.19. The highest BCUT2D eigenvalue weighted by Crippen LogP contribution is 2.22. The van der Waals surface area contributed by atoms with Gasteiger partial charge in [-0.15, -0.1) is 0 Å². The highest BCUT2D eigenvalue weighted by Gasteiger charge is 2.10. The minimum Gasteiger partial charge on any atom is -0.357 e. The minimum atomic E-state index is 0.182. The molecule has 0 aliphatic carbocycles. The van der Waals surface area contributed by atoms with Gasteiger partial charge in [0.1, 0.15) is 5.82 Å². The van der Waals surface area contributed by atoms with E-state index in [0.717, 1.165) is 48.7 Å². The van der Waals surface area contributed by atoms with Crippen molar-refractivity contribution in [3.8, 4) is 0 Å². The van der Waals surface area contributed by atoms with Crippen LogP contribution in [-0.4, -0.2) is 28.6 Å². The van der Waals surface area contributed by atoms with Crippen molar-refractivity contribution in [1.29, 1.82) is 0 Å². The van der Waals surface area contributed by atoms with E-state index in [-0.39, 0.29) is 6.04 Å². The Morgan fingerprint density at radius 3 is 2.80 bits per heavy atom. The molecule has 0 fully saturated rings. The number of rotatable bonds is 8. The number of guanidine groups is 1. The zero-order chi connectivity index (χ0) is 18.1. The number of aliphatic imine (C=N–C) groups is 1. The number of hydrogen-bond donors (Lipinski definition) is 2. The Hall–Kier alpha value is -1.82. The molecule has 1 aromatic carbocycles. The van der Waals surface area contributed by atoms with E-state index in [1.165, 1.54) is 5.56 Å². The van der Waals surface area contributed by atoms with Crippen molar-refractivity contribution in [2.45, 2.75) is 46.2 Å². The lowest BCUT2D eigenvalue weighted by atomic mass is 10.1. The summed E-state index contributed by atoms with van der Waals surface area (Å²) in [5.41, 5.74) is 1.23. The van der Waals surface area contributed by atoms with Crippen LogP contribution >= 0.6 is 15.9 Å². The molecule has 0 aliphatic heterocycles. The molecule has 0 radical (unpaired) electrons. The second-order valence-corrected chi connectivity index (χ2v) is 6.88. The van der Waals surface area contributed by atoms with Gasteiger partial charge in [0, 0.05) is 36.5 Å². The summed E-state index contributed by atoms with van der Waals surface area (Å²) in [5.74, 6) is 1.94. The molecule has 0 amide bonds. The van der Waals surface area contributed by atoms with Crippen LogP contribution < -0.4 is 10.6 Å². The topological polar surface area (TPSA) is 54.2 Å². The Balaban J connectivity index is 1.83. The number of halogens is 1. The summed E-state index contributed by atoms with van der Waals surface area (Å²) in [7, 11) is 0. The Morgan fingerprint density at radius 1 is 1.32 bits per heavy atom. The second kappa shape index (κ2) is 10.2. The van der Waals surface area contributed by atoms with Crippen LogP contribution in [0.2, 0.25) is 0 Å². The maximum atomic E-state index is 4.70. The molecule has 1 aromatic heterocycles. The quantitative estimate of drug-likeness (QED) is 0.395. The number of nitrogens with one attached hydrogen (secondary N) is 2. The zero-order valence-electron chi connectivity index (χ0n) is 15.3. The van der Waals surface area contributed by atoms with E-state index in [9.17, 15) is 0 Å². The fourth-order valence-electron chi connectivity index (χ4n) is 2.65. The first-order valence-electron chi connectivity index (χ1n) is 8.88. The molecule has 2 aromatic rings. The van der Waals surface area contributed by atoms with Crippen LogP contribution in [0.5, 0.6) is 0 Å². The van der Waals surface area contributed by atoms with E-state index in [1.54, 1.807) is 0 Å². The largest absolute Gasteiger partial charge is 0.357 e. The van der Waals surface area contributed by atoms with E-state index in [2.05, 4.69) is 68.2 Å². The van der Waals surface area contributed by atoms with Gasteiger partial charge in [0.2, 0.25) is 0 Å². The number of aryl methyl sites for hydroxylation is 2. The van der Waals surface area contributed by atoms with Gasteiger partial charge in [-0.1, -0.05) is 34.1 Å². The predicted octanol–water partition coefficient (Wildman–Crippen LogP) is 4.05. The molecule has 25 heavy (non-hydrogen) atoms. The van der Waals surface area contributed by atoms with Crippen LogP contribution in [-0.2, 0) is 6.54 Å². The van der Waals surface area contributed by atoms with E-state index >= 15 is 0 Å². The van der Waals surface area contributed by atoms with Gasteiger partial charge in [-0.2, -0.15) is 0 Å². The molecule has 0 saturated heterocycles. The molecular weight excluding hydrogens is 378 g/mol. The Labute approximate surface area is 159 Å². The molecule has 0 bridgehead atoms. The van der Waals surface area contributed by atoms with Gasteiger partial charge < -0.3 is 15.2 Å². The van der Waals surface area contributed by atoms with Crippen LogP contribution in [0.4, 0.5) is 0 Å². The van der Waals surface area contributed by atoms with Gasteiger partial charge in [-0.25, -0.2) is 4.98 Å². The van der Waals surface area contributed by atoms with E-state index in [4.69, 9.17) is 4.99 Å². The third-order valence-electron chi connectivity index (χ3n) is 4.07. The molecule has 2 N–H and O–H groups in total. The lowest BCUT2D eigenvalue weighted by molar-refractivity contribution is 0.599. The summed E-state index contributed by atoms with van der Waals surface area (Å²) in [5, 5.41) is 6.81. The third-order valence-corrected chi connectivity index (χ3v) is 4.79. The molecule has 0 spiro atoms. The summed E-state index contributed by atoms with van der Waals surface area (Å²) in [6.07, 6.45) is 6.03. The van der Waals surface area contributed by atoms with Gasteiger partial charge in [0.25, 0.3) is 0 Å². The van der Waals surface area contributed by atoms with Crippen molar-refractivity contribution in [1.82, 2.24) is 20.2 Å². The minimum absolute atomic E-state index is 0.182. The van der Waals surface area contributed by atoms with Gasteiger partial charge in [-0.3, -0.25) is 4.99 Å². The van der Waals surface area contributed by atoms with Crippen molar-refractivity contribution in [2.24, 2.45) is 4.99 Å². The predicted molar refractivity (Wildman–Crippen MR) is 108 cm³/mol. The van der Waals surface area contributed by atoms with E-state index < -0.39 is 0 Å². The number of nitrogens with zero attached hydrogens (tertiary/aromatic N) is 3. The zero-order valence-corrected chi connectivity index (χ0v) is 16.9. The molecule has 0 aliphatic rings. The summed E-state index contributed by atoms with van der Waals surface area (Å²) in [4.78, 5) is 8.95. The van der Waals surface area contributed by atoms with Gasteiger partial charge in [-0.05, 0) is 45.2 Å². The van der Waals surface area contributed by atoms with Gasteiger partial charge in [0.05, 0.1) is 6.04 Å². The van der Waals surface area contributed by atoms with E-state index in [1.807, 2.05) is 25.4 Å². The summed E-state index contributed by atoms with van der Waals surface area (Å²) in [6, 6.07) is 8.46. The first kappa shape index (κ1) is 19.5. The SMILES string of the molecule is CCNC(=NCCCCn1ccnc1C)NC(C)c1ccccc1Br. The van der Waals surface area contributed by atoms with Crippen LogP contribution in [0.3, 0.4) is 0 Å².